The zero-order valence-corrected chi connectivity index (χ0v) is 26.4. The summed E-state index contributed by atoms with van der Waals surface area (Å²) in [6, 6.07) is 6.65. The number of hydrogen-bond donors (Lipinski definition) is 1. The molecule has 2 amide bonds. The van der Waals surface area contributed by atoms with E-state index >= 15 is 0 Å². The van der Waals surface area contributed by atoms with E-state index in [2.05, 4.69) is 23.5 Å². The number of esters is 1. The second-order valence-electron chi connectivity index (χ2n) is 12.5. The molecular weight excluding hydrogens is 574 g/mol. The Balaban J connectivity index is 1.46. The molecule has 5 rings (SSSR count). The van der Waals surface area contributed by atoms with Gasteiger partial charge >= 0.3 is 5.97 Å². The van der Waals surface area contributed by atoms with Gasteiger partial charge in [-0.2, -0.15) is 0 Å². The summed E-state index contributed by atoms with van der Waals surface area (Å²) in [4.78, 5) is 46.2. The van der Waals surface area contributed by atoms with Crippen molar-refractivity contribution in [2.75, 3.05) is 26.3 Å². The molecule has 1 aromatic carbocycles. The van der Waals surface area contributed by atoms with Crippen LogP contribution in [0.3, 0.4) is 0 Å². The molecule has 0 saturated carbocycles. The monoisotopic (exact) mass is 621 g/mol. The number of aliphatic hydroxyl groups is 1. The Kier molecular flexibility index (Phi) is 10.4. The molecule has 45 heavy (non-hydrogen) atoms. The third kappa shape index (κ3) is 6.04. The lowest BCUT2D eigenvalue weighted by molar-refractivity contribution is -0.162. The maximum absolute atomic E-state index is 14.7. The molecule has 11 heteroatoms. The van der Waals surface area contributed by atoms with Gasteiger partial charge in [-0.25, -0.2) is 4.68 Å². The summed E-state index contributed by atoms with van der Waals surface area (Å²) in [5, 5.41) is 17.8. The number of para-hydroxylation sites is 1. The van der Waals surface area contributed by atoms with Crippen molar-refractivity contribution in [2.45, 2.75) is 95.0 Å². The lowest BCUT2D eigenvalue weighted by atomic mass is 9.65. The predicted octanol–water partition coefficient (Wildman–Crippen LogP) is 4.01. The Morgan fingerprint density at radius 1 is 1.13 bits per heavy atom. The summed E-state index contributed by atoms with van der Waals surface area (Å²) in [5.74, 6) is -2.46. The number of aromatic nitrogens is 3. The number of carbonyl (C=O) groups is 3. The Morgan fingerprint density at radius 3 is 2.69 bits per heavy atom. The molecule has 3 aliphatic heterocycles. The van der Waals surface area contributed by atoms with Gasteiger partial charge in [0, 0.05) is 19.7 Å². The van der Waals surface area contributed by atoms with E-state index in [1.807, 2.05) is 37.3 Å². The normalized spacial score (nSPS) is 26.8. The minimum Gasteiger partial charge on any atom is -0.465 e. The quantitative estimate of drug-likeness (QED) is 0.150. The number of ether oxygens (including phenoxy) is 2. The number of allylic oxidation sites excluding steroid dienone is 1. The fraction of sp³-hybridized carbons (Fsp3) is 0.618. The number of carbonyl (C=O) groups excluding carboxylic acids is 3. The molecule has 0 aliphatic carbocycles. The molecule has 1 spiro atoms. The van der Waals surface area contributed by atoms with Crippen LogP contribution in [-0.4, -0.2) is 91.2 Å². The zero-order valence-electron chi connectivity index (χ0n) is 26.4. The van der Waals surface area contributed by atoms with Gasteiger partial charge in [0.25, 0.3) is 0 Å². The zero-order chi connectivity index (χ0) is 32.0. The molecular formula is C34H47N5O6. The number of benzene rings is 1. The van der Waals surface area contributed by atoms with E-state index in [4.69, 9.17) is 9.47 Å². The van der Waals surface area contributed by atoms with Crippen LogP contribution in [0.15, 0.2) is 49.6 Å². The largest absolute Gasteiger partial charge is 0.465 e. The van der Waals surface area contributed by atoms with E-state index < -0.39 is 35.0 Å². The Hall–Kier alpha value is -3.57. The van der Waals surface area contributed by atoms with Crippen LogP contribution in [0.1, 0.15) is 71.1 Å². The van der Waals surface area contributed by atoms with E-state index in [0.717, 1.165) is 36.7 Å². The highest BCUT2D eigenvalue weighted by molar-refractivity contribution is 5.98. The van der Waals surface area contributed by atoms with Crippen molar-refractivity contribution < 1.29 is 29.0 Å². The number of fused-ring (bicyclic) bond motifs is 2. The van der Waals surface area contributed by atoms with Crippen LogP contribution in [0.2, 0.25) is 0 Å². The highest BCUT2D eigenvalue weighted by Gasteiger charge is 2.79. The third-order valence-corrected chi connectivity index (χ3v) is 9.91. The fourth-order valence-electron chi connectivity index (χ4n) is 7.73. The minimum atomic E-state index is -1.13. The number of likely N-dealkylation sites (tertiary alicyclic amines) is 1. The maximum Gasteiger partial charge on any atom is 0.312 e. The van der Waals surface area contributed by atoms with Gasteiger partial charge in [-0.1, -0.05) is 49.3 Å². The van der Waals surface area contributed by atoms with Crippen molar-refractivity contribution in [1.82, 2.24) is 24.8 Å². The summed E-state index contributed by atoms with van der Waals surface area (Å²) in [6.07, 6.45) is 10.5. The summed E-state index contributed by atoms with van der Waals surface area (Å²) >= 11 is 0. The molecule has 2 bridgehead atoms. The molecule has 244 valence electrons. The highest BCUT2D eigenvalue weighted by atomic mass is 16.6. The summed E-state index contributed by atoms with van der Waals surface area (Å²) in [6.45, 7) is 10.7. The third-order valence-electron chi connectivity index (χ3n) is 9.91. The molecule has 3 saturated heterocycles. The van der Waals surface area contributed by atoms with Crippen molar-refractivity contribution >= 4 is 28.8 Å². The van der Waals surface area contributed by atoms with E-state index in [1.54, 1.807) is 20.6 Å². The molecule has 3 aliphatic rings. The van der Waals surface area contributed by atoms with Crippen LogP contribution in [0.5, 0.6) is 0 Å². The van der Waals surface area contributed by atoms with Gasteiger partial charge in [-0.05, 0) is 63.5 Å². The first-order chi connectivity index (χ1) is 21.9. The van der Waals surface area contributed by atoms with Gasteiger partial charge < -0.3 is 24.4 Å². The summed E-state index contributed by atoms with van der Waals surface area (Å²) in [7, 11) is 0. The van der Waals surface area contributed by atoms with Crippen molar-refractivity contribution in [1.29, 1.82) is 0 Å². The fourth-order valence-corrected chi connectivity index (χ4v) is 7.73. The second kappa shape index (κ2) is 14.2. The topological polar surface area (TPSA) is 127 Å². The number of hydrogen-bond acceptors (Lipinski definition) is 8. The number of rotatable bonds is 18. The average Bonchev–Trinajstić information content (AvgIpc) is 3.77. The highest BCUT2D eigenvalue weighted by Crippen LogP contribution is 2.64. The van der Waals surface area contributed by atoms with Crippen molar-refractivity contribution in [3.63, 3.8) is 0 Å². The number of unbranched alkanes of at least 4 members (excludes halogenated alkanes) is 5. The molecule has 3 fully saturated rings. The molecule has 1 N–H and O–H groups in total. The smallest absolute Gasteiger partial charge is 0.312 e. The van der Waals surface area contributed by atoms with E-state index in [1.165, 1.54) is 0 Å². The molecule has 4 heterocycles. The first-order valence-corrected chi connectivity index (χ1v) is 16.4. The van der Waals surface area contributed by atoms with Crippen molar-refractivity contribution in [2.24, 2.45) is 11.8 Å². The van der Waals surface area contributed by atoms with Gasteiger partial charge in [-0.3, -0.25) is 14.4 Å². The van der Waals surface area contributed by atoms with Crippen LogP contribution in [0.25, 0.3) is 11.0 Å². The van der Waals surface area contributed by atoms with Crippen LogP contribution in [0.4, 0.5) is 0 Å². The van der Waals surface area contributed by atoms with E-state index in [9.17, 15) is 19.5 Å². The number of nitrogens with zero attached hydrogens (tertiary/aromatic N) is 5. The maximum atomic E-state index is 14.7. The first-order valence-electron chi connectivity index (χ1n) is 16.4. The Bertz CT molecular complexity index is 1390. The lowest BCUT2D eigenvalue weighted by Crippen LogP contribution is -2.56. The summed E-state index contributed by atoms with van der Waals surface area (Å²) in [5.41, 5.74) is -0.477. The van der Waals surface area contributed by atoms with Crippen LogP contribution in [0, 0.1) is 11.8 Å². The van der Waals surface area contributed by atoms with Gasteiger partial charge in [-0.15, -0.1) is 18.3 Å². The molecule has 2 unspecified atom stereocenters. The van der Waals surface area contributed by atoms with Crippen LogP contribution < -0.4 is 0 Å². The first kappa shape index (κ1) is 32.8. The standard InChI is InChI=1S/C34H47N5O6/c1-4-7-8-15-23-44-32(43)28-27-30(41)38(21-13-9-10-14-22-40)29(34(27)19-18-33(28,6-3)45-34)31(42)37(20-5-2)24-39-26-17-12-11-16-25(26)35-36-39/h4-5,11-12,16-17,27-29,40H,1-2,6-10,13-15,18-24H2,3H3/t27-,28+,29?,33-,34?/m0/s1. The van der Waals surface area contributed by atoms with E-state index in [-0.39, 0.29) is 38.2 Å². The Labute approximate surface area is 265 Å². The lowest BCUT2D eigenvalue weighted by Gasteiger charge is -2.36. The molecule has 5 atom stereocenters. The SMILES string of the molecule is C=CCCCCOC(=O)[C@H]1[C@H]2C(=O)N(CCCCCCO)C(C(=O)N(CC=C)Cn3nnc4ccccc43)C23CC[C@]1(CC)O3. The molecule has 2 aromatic rings. The number of amides is 2. The van der Waals surface area contributed by atoms with Gasteiger partial charge in [0.05, 0.1) is 23.6 Å². The van der Waals surface area contributed by atoms with E-state index in [0.29, 0.717) is 45.1 Å². The van der Waals surface area contributed by atoms with Gasteiger partial charge in [0.15, 0.2) is 0 Å². The van der Waals surface area contributed by atoms with Gasteiger partial charge in [0.2, 0.25) is 11.8 Å². The molecule has 1 aromatic heterocycles. The minimum absolute atomic E-state index is 0.118. The number of aliphatic hydroxyl groups excluding tert-OH is 1. The predicted molar refractivity (Wildman–Crippen MR) is 169 cm³/mol. The average molecular weight is 622 g/mol. The molecule has 0 radical (unpaired) electrons. The van der Waals surface area contributed by atoms with Crippen LogP contribution >= 0.6 is 0 Å². The second-order valence-corrected chi connectivity index (χ2v) is 12.5. The van der Waals surface area contributed by atoms with Crippen molar-refractivity contribution in [3.8, 4) is 0 Å². The summed E-state index contributed by atoms with van der Waals surface area (Å²) < 4.78 is 14.4. The van der Waals surface area contributed by atoms with Gasteiger partial charge in [0.1, 0.15) is 29.7 Å². The van der Waals surface area contributed by atoms with Crippen molar-refractivity contribution in [3.05, 3.63) is 49.6 Å². The molecule has 11 nitrogen and oxygen atoms in total. The van der Waals surface area contributed by atoms with Crippen LogP contribution in [-0.2, 0) is 30.5 Å². The Morgan fingerprint density at radius 2 is 1.93 bits per heavy atom.